The highest BCUT2D eigenvalue weighted by Gasteiger charge is 2.02. The molecule has 0 saturated heterocycles. The van der Waals surface area contributed by atoms with Crippen molar-refractivity contribution in [3.05, 3.63) is 53.6 Å². The summed E-state index contributed by atoms with van der Waals surface area (Å²) in [6.07, 6.45) is 0. The van der Waals surface area contributed by atoms with Crippen LogP contribution >= 0.6 is 0 Å². The molecule has 0 amide bonds. The van der Waals surface area contributed by atoms with E-state index in [9.17, 15) is 10.2 Å². The van der Waals surface area contributed by atoms with Gasteiger partial charge in [0.2, 0.25) is 0 Å². The van der Waals surface area contributed by atoms with Crippen molar-refractivity contribution in [1.82, 2.24) is 0 Å². The fourth-order valence-electron chi connectivity index (χ4n) is 1.76. The Labute approximate surface area is 117 Å². The van der Waals surface area contributed by atoms with Crippen LogP contribution in [0, 0.1) is 0 Å². The Bertz CT molecular complexity index is 554. The number of hydrogen-bond donors (Lipinski definition) is 3. The van der Waals surface area contributed by atoms with Gasteiger partial charge in [0.15, 0.2) is 0 Å². The van der Waals surface area contributed by atoms with Gasteiger partial charge in [-0.2, -0.15) is 0 Å². The maximum atomic E-state index is 9.67. The van der Waals surface area contributed by atoms with Gasteiger partial charge in [0.05, 0.1) is 7.11 Å². The monoisotopic (exact) mass is 275 g/mol. The lowest BCUT2D eigenvalue weighted by molar-refractivity contribution is -0.282. The van der Waals surface area contributed by atoms with Crippen molar-refractivity contribution in [2.24, 2.45) is 0 Å². The van der Waals surface area contributed by atoms with Gasteiger partial charge in [-0.05, 0) is 35.9 Å². The molecule has 20 heavy (non-hydrogen) atoms. The largest absolute Gasteiger partial charge is 0.508 e. The van der Waals surface area contributed by atoms with Crippen LogP contribution < -0.4 is 5.32 Å². The first-order valence-electron chi connectivity index (χ1n) is 6.18. The van der Waals surface area contributed by atoms with E-state index in [-0.39, 0.29) is 11.5 Å². The normalized spacial score (nSPS) is 10.4. The van der Waals surface area contributed by atoms with Crippen molar-refractivity contribution in [2.75, 3.05) is 12.4 Å². The molecule has 0 fully saturated rings. The van der Waals surface area contributed by atoms with Gasteiger partial charge < -0.3 is 15.5 Å². The van der Waals surface area contributed by atoms with Gasteiger partial charge in [-0.25, -0.2) is 9.78 Å². The number of anilines is 1. The summed E-state index contributed by atoms with van der Waals surface area (Å²) in [7, 11) is 1.47. The molecule has 0 spiro atoms. The minimum Gasteiger partial charge on any atom is -0.508 e. The summed E-state index contributed by atoms with van der Waals surface area (Å²) < 4.78 is 0. The van der Waals surface area contributed by atoms with Gasteiger partial charge in [-0.3, -0.25) is 0 Å². The van der Waals surface area contributed by atoms with Crippen molar-refractivity contribution < 1.29 is 20.0 Å². The Morgan fingerprint density at radius 2 is 1.80 bits per heavy atom. The molecular weight excluding hydrogens is 258 g/mol. The van der Waals surface area contributed by atoms with Crippen LogP contribution in [-0.4, -0.2) is 17.3 Å². The Kier molecular flexibility index (Phi) is 4.81. The van der Waals surface area contributed by atoms with E-state index in [4.69, 9.17) is 4.89 Å². The third kappa shape index (κ3) is 3.88. The fraction of sp³-hybridized carbons (Fsp3) is 0.200. The molecule has 106 valence electrons. The first-order valence-corrected chi connectivity index (χ1v) is 6.18. The van der Waals surface area contributed by atoms with Gasteiger partial charge in [0.1, 0.15) is 18.1 Å². The molecule has 0 aromatic heterocycles. The molecule has 0 bridgehead atoms. The third-order valence-corrected chi connectivity index (χ3v) is 2.84. The number of nitrogens with one attached hydrogen (secondary N) is 1. The molecule has 5 heteroatoms. The van der Waals surface area contributed by atoms with Gasteiger partial charge >= 0.3 is 0 Å². The molecule has 0 atom stereocenters. The average Bonchev–Trinajstić information content (AvgIpc) is 2.47. The molecule has 0 aliphatic heterocycles. The van der Waals surface area contributed by atoms with Crippen molar-refractivity contribution in [1.29, 1.82) is 0 Å². The molecule has 0 aliphatic rings. The molecule has 2 rings (SSSR count). The maximum Gasteiger partial charge on any atom is 0.120 e. The molecule has 5 nitrogen and oxygen atoms in total. The Morgan fingerprint density at radius 3 is 2.50 bits per heavy atom. The SMILES string of the molecule is COOCc1ccc(NCc2cc(O)ccc2O)cc1. The zero-order chi connectivity index (χ0) is 14.4. The van der Waals surface area contributed by atoms with Crippen LogP contribution in [0.5, 0.6) is 11.5 Å². The summed E-state index contributed by atoms with van der Waals surface area (Å²) in [5.41, 5.74) is 2.54. The van der Waals surface area contributed by atoms with Crippen LogP contribution in [0.3, 0.4) is 0 Å². The van der Waals surface area contributed by atoms with E-state index in [0.717, 1.165) is 11.3 Å². The quantitative estimate of drug-likeness (QED) is 0.429. The van der Waals surface area contributed by atoms with Crippen LogP contribution in [0.25, 0.3) is 0 Å². The standard InChI is InChI=1S/C15H17NO4/c1-19-20-10-11-2-4-13(5-3-11)16-9-12-8-14(17)6-7-15(12)18/h2-8,16-18H,9-10H2,1H3. The Hall–Kier alpha value is -2.24. The van der Waals surface area contributed by atoms with E-state index in [0.29, 0.717) is 18.7 Å². The minimum atomic E-state index is 0.131. The first kappa shape index (κ1) is 14.2. The highest BCUT2D eigenvalue weighted by atomic mass is 17.2. The predicted molar refractivity (Wildman–Crippen MR) is 75.3 cm³/mol. The molecule has 0 saturated carbocycles. The molecule has 0 heterocycles. The molecule has 3 N–H and O–H groups in total. The lowest BCUT2D eigenvalue weighted by Crippen LogP contribution is -2.00. The number of hydrogen-bond acceptors (Lipinski definition) is 5. The van der Waals surface area contributed by atoms with E-state index >= 15 is 0 Å². The summed E-state index contributed by atoms with van der Waals surface area (Å²) in [5, 5.41) is 22.2. The Morgan fingerprint density at radius 1 is 1.05 bits per heavy atom. The predicted octanol–water partition coefficient (Wildman–Crippen LogP) is 2.79. The van der Waals surface area contributed by atoms with E-state index in [2.05, 4.69) is 10.2 Å². The topological polar surface area (TPSA) is 71.0 Å². The molecule has 2 aromatic carbocycles. The number of phenols is 2. The Balaban J connectivity index is 1.95. The van der Waals surface area contributed by atoms with E-state index in [1.165, 1.54) is 25.3 Å². The number of phenolic OH excluding ortho intramolecular Hbond substituents is 2. The van der Waals surface area contributed by atoms with Crippen LogP contribution in [0.1, 0.15) is 11.1 Å². The van der Waals surface area contributed by atoms with E-state index in [1.54, 1.807) is 0 Å². The van der Waals surface area contributed by atoms with Crippen LogP contribution in [0.15, 0.2) is 42.5 Å². The highest BCUT2D eigenvalue weighted by molar-refractivity contribution is 5.47. The minimum absolute atomic E-state index is 0.131. The zero-order valence-electron chi connectivity index (χ0n) is 11.2. The van der Waals surface area contributed by atoms with Gasteiger partial charge in [-0.15, -0.1) is 0 Å². The molecule has 0 aliphatic carbocycles. The third-order valence-electron chi connectivity index (χ3n) is 2.84. The summed E-state index contributed by atoms with van der Waals surface area (Å²) >= 11 is 0. The lowest BCUT2D eigenvalue weighted by atomic mass is 10.1. The van der Waals surface area contributed by atoms with Crippen molar-refractivity contribution in [3.63, 3.8) is 0 Å². The van der Waals surface area contributed by atoms with E-state index in [1.807, 2.05) is 24.3 Å². The van der Waals surface area contributed by atoms with Crippen molar-refractivity contribution in [2.45, 2.75) is 13.2 Å². The molecule has 0 unspecified atom stereocenters. The second-order valence-corrected chi connectivity index (χ2v) is 4.29. The van der Waals surface area contributed by atoms with Gasteiger partial charge in [0.25, 0.3) is 0 Å². The van der Waals surface area contributed by atoms with Crippen molar-refractivity contribution >= 4 is 5.69 Å². The lowest BCUT2D eigenvalue weighted by Gasteiger charge is -2.09. The second-order valence-electron chi connectivity index (χ2n) is 4.29. The summed E-state index contributed by atoms with van der Waals surface area (Å²) in [5.74, 6) is 0.284. The zero-order valence-corrected chi connectivity index (χ0v) is 11.2. The highest BCUT2D eigenvalue weighted by Crippen LogP contribution is 2.23. The van der Waals surface area contributed by atoms with Crippen molar-refractivity contribution in [3.8, 4) is 11.5 Å². The van der Waals surface area contributed by atoms with Gasteiger partial charge in [0, 0.05) is 17.8 Å². The maximum absolute atomic E-state index is 9.67. The first-order chi connectivity index (χ1) is 9.69. The van der Waals surface area contributed by atoms with Gasteiger partial charge in [-0.1, -0.05) is 12.1 Å². The number of aromatic hydroxyl groups is 2. The summed E-state index contributed by atoms with van der Waals surface area (Å²) in [6, 6.07) is 12.1. The second kappa shape index (κ2) is 6.79. The van der Waals surface area contributed by atoms with Crippen LogP contribution in [0.2, 0.25) is 0 Å². The average molecular weight is 275 g/mol. The number of rotatable bonds is 6. The summed E-state index contributed by atoms with van der Waals surface area (Å²) in [4.78, 5) is 9.37. The molecule has 0 radical (unpaired) electrons. The smallest absolute Gasteiger partial charge is 0.120 e. The van der Waals surface area contributed by atoms with Crippen LogP contribution in [0.4, 0.5) is 5.69 Å². The summed E-state index contributed by atoms with van der Waals surface area (Å²) in [6.45, 7) is 0.818. The molecule has 2 aromatic rings. The van der Waals surface area contributed by atoms with E-state index < -0.39 is 0 Å². The van der Waals surface area contributed by atoms with Crippen LogP contribution in [-0.2, 0) is 22.9 Å². The fourth-order valence-corrected chi connectivity index (χ4v) is 1.76. The molecular formula is C15H17NO4. The number of benzene rings is 2.